The molecule has 0 aliphatic carbocycles. The molecule has 0 aliphatic heterocycles. The van der Waals surface area contributed by atoms with Gasteiger partial charge in [-0.15, -0.1) is 0 Å². The summed E-state index contributed by atoms with van der Waals surface area (Å²) in [6.45, 7) is 4.07. The zero-order valence-electron chi connectivity index (χ0n) is 10.4. The molecule has 0 radical (unpaired) electrons. The Labute approximate surface area is 107 Å². The molecule has 1 aromatic heterocycles. The number of anilines is 1. The average molecular weight is 256 g/mol. The molecule has 94 valence electrons. The van der Waals surface area contributed by atoms with Crippen LogP contribution in [0, 0.1) is 0 Å². The van der Waals surface area contributed by atoms with Gasteiger partial charge >= 0.3 is 0 Å². The van der Waals surface area contributed by atoms with Crippen molar-refractivity contribution in [2.75, 3.05) is 12.4 Å². The quantitative estimate of drug-likeness (QED) is 0.851. The van der Waals surface area contributed by atoms with Crippen LogP contribution >= 0.6 is 11.6 Å². The summed E-state index contributed by atoms with van der Waals surface area (Å²) >= 11 is 5.96. The smallest absolute Gasteiger partial charge is 0.253 e. The predicted molar refractivity (Wildman–Crippen MR) is 70.6 cm³/mol. The fourth-order valence-corrected chi connectivity index (χ4v) is 1.75. The van der Waals surface area contributed by atoms with Crippen LogP contribution in [-0.2, 0) is 0 Å². The normalized spacial score (nSPS) is 12.0. The van der Waals surface area contributed by atoms with Gasteiger partial charge < -0.3 is 10.6 Å². The molecular formula is C12H18ClN3O. The van der Waals surface area contributed by atoms with Crippen molar-refractivity contribution in [3.05, 3.63) is 22.8 Å². The van der Waals surface area contributed by atoms with E-state index in [2.05, 4.69) is 22.5 Å². The van der Waals surface area contributed by atoms with E-state index >= 15 is 0 Å². The first-order valence-electron chi connectivity index (χ1n) is 5.72. The first kappa shape index (κ1) is 13.8. The second kappa shape index (κ2) is 6.45. The lowest BCUT2D eigenvalue weighted by Gasteiger charge is -2.13. The molecule has 1 amide bonds. The summed E-state index contributed by atoms with van der Waals surface area (Å²) in [4.78, 5) is 16.0. The number of carbonyl (C=O) groups is 1. The molecule has 0 spiro atoms. The van der Waals surface area contributed by atoms with Crippen molar-refractivity contribution >= 4 is 23.3 Å². The molecule has 0 saturated carbocycles. The van der Waals surface area contributed by atoms with E-state index < -0.39 is 0 Å². The van der Waals surface area contributed by atoms with Gasteiger partial charge in [-0.2, -0.15) is 0 Å². The van der Waals surface area contributed by atoms with Gasteiger partial charge in [-0.05, 0) is 19.4 Å². The summed E-state index contributed by atoms with van der Waals surface area (Å²) in [5.41, 5.74) is 0.453. The first-order valence-corrected chi connectivity index (χ1v) is 6.10. The number of aromatic nitrogens is 1. The van der Waals surface area contributed by atoms with Crippen LogP contribution in [-0.4, -0.2) is 24.0 Å². The van der Waals surface area contributed by atoms with Crippen molar-refractivity contribution in [2.24, 2.45) is 0 Å². The number of carbonyl (C=O) groups excluding carboxylic acids is 1. The molecule has 2 N–H and O–H groups in total. The van der Waals surface area contributed by atoms with Crippen LogP contribution in [0.15, 0.2) is 12.3 Å². The van der Waals surface area contributed by atoms with Gasteiger partial charge in [0, 0.05) is 19.3 Å². The molecule has 1 unspecified atom stereocenters. The van der Waals surface area contributed by atoms with Gasteiger partial charge in [0.05, 0.1) is 10.6 Å². The van der Waals surface area contributed by atoms with Crippen LogP contribution in [0.25, 0.3) is 0 Å². The number of amides is 1. The third-order valence-electron chi connectivity index (χ3n) is 2.46. The van der Waals surface area contributed by atoms with Crippen LogP contribution in [0.1, 0.15) is 37.0 Å². The first-order chi connectivity index (χ1) is 8.08. The van der Waals surface area contributed by atoms with E-state index in [0.29, 0.717) is 16.4 Å². The topological polar surface area (TPSA) is 54.0 Å². The van der Waals surface area contributed by atoms with Gasteiger partial charge in [0.2, 0.25) is 0 Å². The van der Waals surface area contributed by atoms with Crippen molar-refractivity contribution in [1.29, 1.82) is 0 Å². The number of nitrogens with zero attached hydrogens (tertiary/aromatic N) is 1. The fourth-order valence-electron chi connectivity index (χ4n) is 1.56. The molecule has 1 atom stereocenters. The number of rotatable bonds is 5. The third kappa shape index (κ3) is 3.89. The summed E-state index contributed by atoms with van der Waals surface area (Å²) in [5, 5.41) is 6.15. The van der Waals surface area contributed by atoms with E-state index in [1.54, 1.807) is 13.1 Å². The average Bonchev–Trinajstić information content (AvgIpc) is 2.29. The summed E-state index contributed by atoms with van der Waals surface area (Å²) in [7, 11) is 1.75. The van der Waals surface area contributed by atoms with E-state index in [4.69, 9.17) is 11.6 Å². The maximum Gasteiger partial charge on any atom is 0.253 e. The van der Waals surface area contributed by atoms with Gasteiger partial charge in [0.1, 0.15) is 5.82 Å². The molecule has 1 aromatic rings. The maximum atomic E-state index is 12.0. The van der Waals surface area contributed by atoms with Crippen LogP contribution in [0.2, 0.25) is 5.02 Å². The molecule has 0 aromatic carbocycles. The summed E-state index contributed by atoms with van der Waals surface area (Å²) in [6, 6.07) is 1.80. The van der Waals surface area contributed by atoms with Crippen molar-refractivity contribution in [2.45, 2.75) is 32.7 Å². The lowest BCUT2D eigenvalue weighted by atomic mass is 10.1. The third-order valence-corrected chi connectivity index (χ3v) is 2.76. The zero-order chi connectivity index (χ0) is 12.8. The Morgan fingerprint density at radius 2 is 2.29 bits per heavy atom. The van der Waals surface area contributed by atoms with E-state index in [9.17, 15) is 4.79 Å². The Balaban J connectivity index is 2.80. The second-order valence-electron chi connectivity index (χ2n) is 3.96. The second-order valence-corrected chi connectivity index (χ2v) is 4.37. The molecule has 17 heavy (non-hydrogen) atoms. The van der Waals surface area contributed by atoms with Crippen molar-refractivity contribution in [1.82, 2.24) is 10.3 Å². The van der Waals surface area contributed by atoms with Crippen molar-refractivity contribution in [3.8, 4) is 0 Å². The van der Waals surface area contributed by atoms with Gasteiger partial charge in [-0.3, -0.25) is 4.79 Å². The molecule has 0 saturated heterocycles. The van der Waals surface area contributed by atoms with Gasteiger partial charge in [-0.1, -0.05) is 24.9 Å². The van der Waals surface area contributed by atoms with Gasteiger partial charge in [0.15, 0.2) is 0 Å². The van der Waals surface area contributed by atoms with E-state index in [1.807, 2.05) is 6.92 Å². The van der Waals surface area contributed by atoms with Crippen molar-refractivity contribution < 1.29 is 4.79 Å². The Hall–Kier alpha value is -1.29. The monoisotopic (exact) mass is 255 g/mol. The number of hydrogen-bond donors (Lipinski definition) is 2. The van der Waals surface area contributed by atoms with E-state index in [0.717, 1.165) is 12.8 Å². The Bertz CT molecular complexity index is 395. The summed E-state index contributed by atoms with van der Waals surface area (Å²) < 4.78 is 0. The number of halogens is 1. The highest BCUT2D eigenvalue weighted by Crippen LogP contribution is 2.17. The SMILES string of the molecule is CCCC(C)NC(=O)c1cc(NC)ncc1Cl. The van der Waals surface area contributed by atoms with Crippen LogP contribution in [0.5, 0.6) is 0 Å². The predicted octanol–water partition coefficient (Wildman–Crippen LogP) is 2.70. The molecule has 1 heterocycles. The minimum atomic E-state index is -0.158. The van der Waals surface area contributed by atoms with Gasteiger partial charge in [0.25, 0.3) is 5.91 Å². The highest BCUT2D eigenvalue weighted by molar-refractivity contribution is 6.33. The molecular weight excluding hydrogens is 238 g/mol. The lowest BCUT2D eigenvalue weighted by Crippen LogP contribution is -2.32. The summed E-state index contributed by atoms with van der Waals surface area (Å²) in [6.07, 6.45) is 3.47. The van der Waals surface area contributed by atoms with E-state index in [-0.39, 0.29) is 11.9 Å². The Morgan fingerprint density at radius 3 is 2.88 bits per heavy atom. The zero-order valence-corrected chi connectivity index (χ0v) is 11.1. The summed E-state index contributed by atoms with van der Waals surface area (Å²) in [5.74, 6) is 0.470. The fraction of sp³-hybridized carbons (Fsp3) is 0.500. The molecule has 4 nitrogen and oxygen atoms in total. The number of nitrogens with one attached hydrogen (secondary N) is 2. The van der Waals surface area contributed by atoms with E-state index in [1.165, 1.54) is 6.20 Å². The number of pyridine rings is 1. The van der Waals surface area contributed by atoms with Crippen LogP contribution < -0.4 is 10.6 Å². The molecule has 0 bridgehead atoms. The molecule has 0 aliphatic rings. The standard InChI is InChI=1S/C12H18ClN3O/c1-4-5-8(2)16-12(17)9-6-11(14-3)15-7-10(9)13/h6-8H,4-5H2,1-3H3,(H,14,15)(H,16,17). The lowest BCUT2D eigenvalue weighted by molar-refractivity contribution is 0.0938. The minimum absolute atomic E-state index is 0.148. The highest BCUT2D eigenvalue weighted by Gasteiger charge is 2.13. The molecule has 0 fully saturated rings. The molecule has 1 rings (SSSR count). The maximum absolute atomic E-state index is 12.0. The Morgan fingerprint density at radius 1 is 1.59 bits per heavy atom. The molecule has 5 heteroatoms. The van der Waals surface area contributed by atoms with Crippen LogP contribution in [0.4, 0.5) is 5.82 Å². The van der Waals surface area contributed by atoms with Gasteiger partial charge in [-0.25, -0.2) is 4.98 Å². The highest BCUT2D eigenvalue weighted by atomic mass is 35.5. The van der Waals surface area contributed by atoms with Crippen LogP contribution in [0.3, 0.4) is 0 Å². The minimum Gasteiger partial charge on any atom is -0.373 e. The van der Waals surface area contributed by atoms with Crippen molar-refractivity contribution in [3.63, 3.8) is 0 Å². The Kier molecular flexibility index (Phi) is 5.22. The number of hydrogen-bond acceptors (Lipinski definition) is 3. The largest absolute Gasteiger partial charge is 0.373 e.